The van der Waals surface area contributed by atoms with Crippen LogP contribution in [0.15, 0.2) is 36.4 Å². The number of alkyl halides is 2. The Morgan fingerprint density at radius 2 is 1.73 bits per heavy atom. The number of nitrogens with one attached hydrogen (secondary N) is 5. The summed E-state index contributed by atoms with van der Waals surface area (Å²) in [6.45, 7) is -0.570. The van der Waals surface area contributed by atoms with Crippen molar-refractivity contribution in [3.05, 3.63) is 58.7 Å². The van der Waals surface area contributed by atoms with E-state index in [1.54, 1.807) is 23.1 Å². The number of likely N-dealkylation sites (tertiary alicyclic amines) is 1. The second-order valence-electron chi connectivity index (χ2n) is 13.9. The highest BCUT2D eigenvalue weighted by atomic mass is 19.3. The summed E-state index contributed by atoms with van der Waals surface area (Å²) in [7, 11) is 8.09. The average molecular weight is 780 g/mol. The van der Waals surface area contributed by atoms with E-state index in [-0.39, 0.29) is 37.6 Å². The summed E-state index contributed by atoms with van der Waals surface area (Å²) in [4.78, 5) is 92.3. The molecular formula is C37H44BF2N7O9. The van der Waals surface area contributed by atoms with E-state index < -0.39 is 72.8 Å². The molecule has 3 aliphatic heterocycles. The van der Waals surface area contributed by atoms with Gasteiger partial charge in [0.2, 0.25) is 35.3 Å². The lowest BCUT2D eigenvalue weighted by atomic mass is 9.99. The number of fused-ring (bicyclic) bond motifs is 1. The first-order valence-corrected chi connectivity index (χ1v) is 18.1. The van der Waals surface area contributed by atoms with Gasteiger partial charge in [0.1, 0.15) is 12.1 Å². The molecule has 0 saturated carbocycles. The third kappa shape index (κ3) is 10.2. The molecule has 3 heterocycles. The molecule has 0 bridgehead atoms. The minimum Gasteiger partial charge on any atom is -0.493 e. The number of ketones is 1. The largest absolute Gasteiger partial charge is 0.493 e. The number of aryl methyl sites for hydroxylation is 1. The maximum Gasteiger partial charge on any atom is 0.289 e. The Morgan fingerprint density at radius 3 is 2.46 bits per heavy atom. The molecule has 298 valence electrons. The van der Waals surface area contributed by atoms with Crippen molar-refractivity contribution < 1.29 is 51.8 Å². The predicted molar refractivity (Wildman–Crippen MR) is 195 cm³/mol. The van der Waals surface area contributed by atoms with Gasteiger partial charge in [-0.3, -0.25) is 33.6 Å². The monoisotopic (exact) mass is 779 g/mol. The first-order chi connectivity index (χ1) is 26.7. The first kappa shape index (κ1) is 41.6. The minimum absolute atomic E-state index is 0.0471. The van der Waals surface area contributed by atoms with Crippen LogP contribution in [0, 0.1) is 5.92 Å². The number of hydrogen-bond donors (Lipinski definition) is 5. The predicted octanol–water partition coefficient (Wildman–Crippen LogP) is -0.599. The van der Waals surface area contributed by atoms with Crippen molar-refractivity contribution in [2.24, 2.45) is 5.92 Å². The van der Waals surface area contributed by atoms with Crippen LogP contribution in [0.25, 0.3) is 0 Å². The third-order valence-corrected chi connectivity index (χ3v) is 10.0. The molecule has 5 rings (SSSR count). The summed E-state index contributed by atoms with van der Waals surface area (Å²) < 4.78 is 39.4. The summed E-state index contributed by atoms with van der Waals surface area (Å²) in [5, 5.41) is 12.5. The molecule has 0 spiro atoms. The summed E-state index contributed by atoms with van der Waals surface area (Å²) >= 11 is 0. The zero-order valence-corrected chi connectivity index (χ0v) is 31.1. The Balaban J connectivity index is 1.09. The number of methoxy groups -OCH3 is 2. The number of amides is 6. The van der Waals surface area contributed by atoms with Gasteiger partial charge in [-0.25, -0.2) is 8.78 Å². The van der Waals surface area contributed by atoms with Crippen LogP contribution >= 0.6 is 0 Å². The maximum absolute atomic E-state index is 14.5. The summed E-state index contributed by atoms with van der Waals surface area (Å²) in [5.74, 6) is -8.64. The lowest BCUT2D eigenvalue weighted by Crippen LogP contribution is -2.51. The van der Waals surface area contributed by atoms with E-state index in [0.717, 1.165) is 16.7 Å². The van der Waals surface area contributed by atoms with Crippen LogP contribution in [0.5, 0.6) is 11.5 Å². The highest BCUT2D eigenvalue weighted by molar-refractivity contribution is 6.38. The van der Waals surface area contributed by atoms with Gasteiger partial charge in [-0.1, -0.05) is 24.3 Å². The third-order valence-electron chi connectivity index (χ3n) is 10.0. The van der Waals surface area contributed by atoms with Crippen LogP contribution in [0.1, 0.15) is 47.9 Å². The van der Waals surface area contributed by atoms with Crippen LogP contribution in [0.3, 0.4) is 0 Å². The molecule has 2 saturated heterocycles. The van der Waals surface area contributed by atoms with Crippen molar-refractivity contribution in [2.45, 2.75) is 69.7 Å². The molecule has 5 N–H and O–H groups in total. The number of carbonyl (C=O) groups excluding carboxylic acids is 7. The van der Waals surface area contributed by atoms with E-state index in [4.69, 9.17) is 17.5 Å². The summed E-state index contributed by atoms with van der Waals surface area (Å²) in [6.07, 6.45) is -0.552. The molecule has 1 unspecified atom stereocenters. The van der Waals surface area contributed by atoms with Crippen molar-refractivity contribution in [1.29, 1.82) is 0 Å². The Kier molecular flexibility index (Phi) is 13.6. The average Bonchev–Trinajstić information content (AvgIpc) is 3.89. The standard InChI is InChI=1S/C37H44BF2N7O9/c1-55-28-8-6-21(12-29(28)56-2)16-42-36(54)33(51)27-15-37(39,40)20-47(27)32(50)17-43-35(53)26-13-24(34(52)45-26)14-31(49)46-18-23-5-3-4-22(25(23)19-46)7-9-30(48)41-10-11-44-38/h3-6,8,12,24,26-27,44H,7,9-11,13-20H2,1-2H3,(H,41,48)(H,42,54)(H,43,53)(H,45,52)/t24-,26-,27?/m0/s1. The number of halogens is 2. The van der Waals surface area contributed by atoms with Crippen molar-refractivity contribution >= 4 is 49.2 Å². The smallest absolute Gasteiger partial charge is 0.289 e. The van der Waals surface area contributed by atoms with Crippen molar-refractivity contribution in [2.75, 3.05) is 40.4 Å². The van der Waals surface area contributed by atoms with Gasteiger partial charge < -0.3 is 45.8 Å². The molecule has 16 nitrogen and oxygen atoms in total. The molecule has 2 radical (unpaired) electrons. The van der Waals surface area contributed by atoms with Gasteiger partial charge in [-0.15, -0.1) is 0 Å². The molecule has 6 amide bonds. The Morgan fingerprint density at radius 1 is 0.964 bits per heavy atom. The van der Waals surface area contributed by atoms with Crippen molar-refractivity contribution in [1.82, 2.24) is 36.3 Å². The van der Waals surface area contributed by atoms with Crippen molar-refractivity contribution in [3.63, 3.8) is 0 Å². The SMILES string of the molecule is [B]NCCNC(=O)CCc1cccc2c1CN(C(=O)C[C@@H]1C[C@@H](C(=O)NCC(=O)N3CC(F)(F)CC3C(=O)C(=O)NCc3ccc(OC)c(OC)c3)NC1=O)C2. The summed E-state index contributed by atoms with van der Waals surface area (Å²) in [6, 6.07) is 7.59. The zero-order valence-electron chi connectivity index (χ0n) is 31.1. The highest BCUT2D eigenvalue weighted by Gasteiger charge is 2.51. The van der Waals surface area contributed by atoms with Gasteiger partial charge in [-0.05, 0) is 47.2 Å². The lowest BCUT2D eigenvalue weighted by molar-refractivity contribution is -0.144. The van der Waals surface area contributed by atoms with Gasteiger partial charge >= 0.3 is 0 Å². The van der Waals surface area contributed by atoms with Gasteiger partial charge in [0, 0.05) is 57.9 Å². The first-order valence-electron chi connectivity index (χ1n) is 18.1. The fourth-order valence-corrected chi connectivity index (χ4v) is 7.05. The number of carbonyl (C=O) groups is 7. The fourth-order valence-electron chi connectivity index (χ4n) is 7.05. The summed E-state index contributed by atoms with van der Waals surface area (Å²) in [5.41, 5.74) is 3.36. The van der Waals surface area contributed by atoms with Gasteiger partial charge in [0.15, 0.2) is 19.5 Å². The Bertz CT molecular complexity index is 1870. The van der Waals surface area contributed by atoms with Crippen LogP contribution in [0.4, 0.5) is 8.78 Å². The van der Waals surface area contributed by atoms with Crippen LogP contribution in [-0.2, 0) is 59.6 Å². The van der Waals surface area contributed by atoms with Gasteiger partial charge in [0.25, 0.3) is 11.8 Å². The molecule has 2 fully saturated rings. The molecule has 19 heteroatoms. The van der Waals surface area contributed by atoms with Crippen LogP contribution in [-0.4, -0.2) is 117 Å². The molecule has 3 atom stereocenters. The van der Waals surface area contributed by atoms with Crippen LogP contribution in [0.2, 0.25) is 0 Å². The number of Topliss-reactive ketones (excluding diaryl/α,β-unsaturated/α-hetero) is 1. The second-order valence-corrected chi connectivity index (χ2v) is 13.9. The number of ether oxygens (including phenoxy) is 2. The van der Waals surface area contributed by atoms with E-state index in [1.807, 2.05) is 18.2 Å². The van der Waals surface area contributed by atoms with E-state index in [0.29, 0.717) is 54.6 Å². The Hall–Kier alpha value is -5.59. The molecule has 2 aromatic rings. The van der Waals surface area contributed by atoms with Gasteiger partial charge in [-0.2, -0.15) is 0 Å². The molecule has 2 aromatic carbocycles. The molecule has 56 heavy (non-hydrogen) atoms. The number of benzene rings is 2. The maximum atomic E-state index is 14.5. The molecular weight excluding hydrogens is 735 g/mol. The lowest BCUT2D eigenvalue weighted by Gasteiger charge is -2.23. The topological polar surface area (TPSA) is 205 Å². The normalized spacial score (nSPS) is 19.5. The second kappa shape index (κ2) is 18.4. The van der Waals surface area contributed by atoms with E-state index in [2.05, 4.69) is 26.5 Å². The number of hydrogen-bond acceptors (Lipinski definition) is 10. The van der Waals surface area contributed by atoms with E-state index >= 15 is 0 Å². The Labute approximate surface area is 323 Å². The number of nitrogens with zero attached hydrogens (tertiary/aromatic N) is 2. The molecule has 0 aromatic heterocycles. The van der Waals surface area contributed by atoms with Crippen molar-refractivity contribution in [3.8, 4) is 11.5 Å². The quantitative estimate of drug-likeness (QED) is 0.0784. The highest BCUT2D eigenvalue weighted by Crippen LogP contribution is 2.33. The van der Waals surface area contributed by atoms with E-state index in [9.17, 15) is 42.3 Å². The fraction of sp³-hybridized carbons (Fsp3) is 0.486. The van der Waals surface area contributed by atoms with E-state index in [1.165, 1.54) is 14.2 Å². The molecule has 0 aliphatic carbocycles. The number of rotatable bonds is 17. The zero-order chi connectivity index (χ0) is 40.6. The minimum atomic E-state index is -3.46. The van der Waals surface area contributed by atoms with Gasteiger partial charge in [0.05, 0.1) is 27.3 Å². The molecule has 3 aliphatic rings. The van der Waals surface area contributed by atoms with Crippen LogP contribution < -0.4 is 36.0 Å².